The summed E-state index contributed by atoms with van der Waals surface area (Å²) in [7, 11) is 0. The van der Waals surface area contributed by atoms with Crippen molar-refractivity contribution in [2.45, 2.75) is 6.04 Å². The largest absolute Gasteiger partial charge is 0.480 e. The Labute approximate surface area is 77.5 Å². The first-order valence-electron chi connectivity index (χ1n) is 2.89. The number of nitrogens with one attached hydrogen (secondary N) is 1. The van der Waals surface area contributed by atoms with Gasteiger partial charge in [-0.1, -0.05) is 22.6 Å². The molecule has 0 aliphatic carbocycles. The lowest BCUT2D eigenvalue weighted by atomic mass is 10.3. The van der Waals surface area contributed by atoms with Crippen LogP contribution >= 0.6 is 22.6 Å². The van der Waals surface area contributed by atoms with Gasteiger partial charge in [0.2, 0.25) is 5.91 Å². The smallest absolute Gasteiger partial charge is 0.322 e. The molecule has 0 rings (SSSR count). The fourth-order valence-electron chi connectivity index (χ4n) is 0.364. The third kappa shape index (κ3) is 4.96. The molecular weight excluding hydrogens is 263 g/mol. The van der Waals surface area contributed by atoms with Gasteiger partial charge in [-0.25, -0.2) is 0 Å². The number of hydrogen-bond donors (Lipinski definition) is 3. The standard InChI is InChI=1S/C5H9IN2O3/c6-1-3(7)5(11)8-2-4(9)10/h3H,1-2,7H2,(H,8,11)(H,9,10). The number of alkyl halides is 1. The van der Waals surface area contributed by atoms with Crippen LogP contribution in [0.3, 0.4) is 0 Å². The molecule has 4 N–H and O–H groups in total. The van der Waals surface area contributed by atoms with Gasteiger partial charge in [-0.2, -0.15) is 0 Å². The van der Waals surface area contributed by atoms with Gasteiger partial charge in [-0.05, 0) is 0 Å². The third-order valence-electron chi connectivity index (χ3n) is 0.917. The number of amides is 1. The summed E-state index contributed by atoms with van der Waals surface area (Å²) in [5, 5.41) is 10.3. The Morgan fingerprint density at radius 3 is 2.55 bits per heavy atom. The molecule has 0 aliphatic rings. The molecule has 0 radical (unpaired) electrons. The molecule has 0 saturated carbocycles. The monoisotopic (exact) mass is 272 g/mol. The van der Waals surface area contributed by atoms with E-state index in [0.717, 1.165) is 0 Å². The van der Waals surface area contributed by atoms with Crippen LogP contribution in [0, 0.1) is 0 Å². The highest BCUT2D eigenvalue weighted by atomic mass is 127. The van der Waals surface area contributed by atoms with Gasteiger partial charge in [-0.15, -0.1) is 0 Å². The van der Waals surface area contributed by atoms with Crippen LogP contribution in [0.1, 0.15) is 0 Å². The highest BCUT2D eigenvalue weighted by Gasteiger charge is 2.11. The maximum absolute atomic E-state index is 10.8. The van der Waals surface area contributed by atoms with Crippen LogP contribution in [-0.2, 0) is 9.59 Å². The van der Waals surface area contributed by atoms with E-state index in [9.17, 15) is 9.59 Å². The predicted molar refractivity (Wildman–Crippen MR) is 47.5 cm³/mol. The minimum Gasteiger partial charge on any atom is -0.480 e. The lowest BCUT2D eigenvalue weighted by Gasteiger charge is -2.06. The number of carboxylic acids is 1. The van der Waals surface area contributed by atoms with Crippen molar-refractivity contribution in [3.05, 3.63) is 0 Å². The van der Waals surface area contributed by atoms with E-state index in [-0.39, 0.29) is 6.54 Å². The normalized spacial score (nSPS) is 12.2. The maximum atomic E-state index is 10.8. The van der Waals surface area contributed by atoms with Crippen molar-refractivity contribution in [1.82, 2.24) is 5.32 Å². The summed E-state index contributed by atoms with van der Waals surface area (Å²) in [5.74, 6) is -1.50. The van der Waals surface area contributed by atoms with Gasteiger partial charge in [0, 0.05) is 4.43 Å². The average Bonchev–Trinajstić information content (AvgIpc) is 1.98. The van der Waals surface area contributed by atoms with E-state index in [4.69, 9.17) is 10.8 Å². The first kappa shape index (κ1) is 10.6. The summed E-state index contributed by atoms with van der Waals surface area (Å²) in [6, 6.07) is -0.616. The van der Waals surface area contributed by atoms with Crippen LogP contribution in [0.2, 0.25) is 0 Å². The molecule has 64 valence electrons. The lowest BCUT2D eigenvalue weighted by Crippen LogP contribution is -2.43. The van der Waals surface area contributed by atoms with Crippen LogP contribution in [0.15, 0.2) is 0 Å². The van der Waals surface area contributed by atoms with Crippen molar-refractivity contribution >= 4 is 34.5 Å². The molecule has 1 unspecified atom stereocenters. The second-order valence-electron chi connectivity index (χ2n) is 1.87. The number of rotatable bonds is 4. The topological polar surface area (TPSA) is 92.4 Å². The quantitative estimate of drug-likeness (QED) is 0.449. The van der Waals surface area contributed by atoms with Crippen molar-refractivity contribution in [2.24, 2.45) is 5.73 Å². The first-order valence-corrected chi connectivity index (χ1v) is 4.41. The zero-order valence-corrected chi connectivity index (χ0v) is 7.87. The van der Waals surface area contributed by atoms with Gasteiger partial charge in [0.25, 0.3) is 0 Å². The van der Waals surface area contributed by atoms with E-state index in [1.54, 1.807) is 0 Å². The number of hydrogen-bond acceptors (Lipinski definition) is 3. The summed E-state index contributed by atoms with van der Waals surface area (Å²) < 4.78 is 0.475. The summed E-state index contributed by atoms with van der Waals surface area (Å²) in [4.78, 5) is 20.7. The van der Waals surface area contributed by atoms with Crippen molar-refractivity contribution in [1.29, 1.82) is 0 Å². The molecule has 6 heteroatoms. The Morgan fingerprint density at radius 1 is 1.64 bits per heavy atom. The Hall–Kier alpha value is -0.370. The van der Waals surface area contributed by atoms with Crippen molar-refractivity contribution in [2.75, 3.05) is 11.0 Å². The number of carbonyl (C=O) groups is 2. The Kier molecular flexibility index (Phi) is 5.12. The summed E-state index contributed by atoms with van der Waals surface area (Å²) in [6.07, 6.45) is 0. The Bertz CT molecular complexity index is 162. The van der Waals surface area contributed by atoms with Gasteiger partial charge >= 0.3 is 5.97 Å². The molecule has 11 heavy (non-hydrogen) atoms. The lowest BCUT2D eigenvalue weighted by molar-refractivity contribution is -0.138. The summed E-state index contributed by atoms with van der Waals surface area (Å²) >= 11 is 1.95. The van der Waals surface area contributed by atoms with Gasteiger partial charge in [0.05, 0.1) is 6.04 Å². The molecule has 0 heterocycles. The molecule has 0 aromatic carbocycles. The molecular formula is C5H9IN2O3. The van der Waals surface area contributed by atoms with E-state index >= 15 is 0 Å². The minimum atomic E-state index is -1.07. The van der Waals surface area contributed by atoms with Crippen LogP contribution in [0.5, 0.6) is 0 Å². The number of carbonyl (C=O) groups excluding carboxylic acids is 1. The van der Waals surface area contributed by atoms with Crippen molar-refractivity contribution in [3.8, 4) is 0 Å². The second-order valence-corrected chi connectivity index (χ2v) is 2.75. The van der Waals surface area contributed by atoms with Gasteiger partial charge in [-0.3, -0.25) is 9.59 Å². The number of nitrogens with two attached hydrogens (primary N) is 1. The average molecular weight is 272 g/mol. The highest BCUT2D eigenvalue weighted by molar-refractivity contribution is 14.1. The third-order valence-corrected chi connectivity index (χ3v) is 1.87. The highest BCUT2D eigenvalue weighted by Crippen LogP contribution is 1.86. The Balaban J connectivity index is 3.60. The van der Waals surface area contributed by atoms with Crippen LogP contribution in [0.4, 0.5) is 0 Å². The zero-order valence-electron chi connectivity index (χ0n) is 5.71. The zero-order chi connectivity index (χ0) is 8.85. The molecule has 0 fully saturated rings. The molecule has 0 aliphatic heterocycles. The van der Waals surface area contributed by atoms with Gasteiger partial charge < -0.3 is 16.2 Å². The minimum absolute atomic E-state index is 0.372. The van der Waals surface area contributed by atoms with E-state index in [1.165, 1.54) is 0 Å². The number of aliphatic carboxylic acids is 1. The van der Waals surface area contributed by atoms with Gasteiger partial charge in [0.1, 0.15) is 6.54 Å². The fraction of sp³-hybridized carbons (Fsp3) is 0.600. The summed E-state index contributed by atoms with van der Waals surface area (Å²) in [5.41, 5.74) is 5.29. The van der Waals surface area contributed by atoms with Crippen molar-refractivity contribution in [3.63, 3.8) is 0 Å². The number of carboxylic acid groups (broad SMARTS) is 1. The SMILES string of the molecule is NC(CI)C(=O)NCC(=O)O. The van der Waals surface area contributed by atoms with E-state index < -0.39 is 17.9 Å². The number of halogens is 1. The van der Waals surface area contributed by atoms with Crippen LogP contribution < -0.4 is 11.1 Å². The molecule has 0 spiro atoms. The van der Waals surface area contributed by atoms with E-state index in [2.05, 4.69) is 5.32 Å². The second kappa shape index (κ2) is 5.30. The molecule has 1 atom stereocenters. The summed E-state index contributed by atoms with van der Waals surface area (Å²) in [6.45, 7) is -0.372. The molecule has 1 amide bonds. The Morgan fingerprint density at radius 2 is 2.18 bits per heavy atom. The first-order chi connectivity index (χ1) is 5.07. The van der Waals surface area contributed by atoms with E-state index in [0.29, 0.717) is 4.43 Å². The van der Waals surface area contributed by atoms with Crippen LogP contribution in [-0.4, -0.2) is 34.0 Å². The molecule has 0 bridgehead atoms. The predicted octanol–water partition coefficient (Wildman–Crippen LogP) is -1.05. The fourth-order valence-corrected chi connectivity index (χ4v) is 0.764. The van der Waals surface area contributed by atoms with Crippen LogP contribution in [0.25, 0.3) is 0 Å². The van der Waals surface area contributed by atoms with Crippen molar-refractivity contribution < 1.29 is 14.7 Å². The molecule has 0 aromatic rings. The molecule has 0 aromatic heterocycles. The molecule has 0 saturated heterocycles. The van der Waals surface area contributed by atoms with E-state index in [1.807, 2.05) is 22.6 Å². The van der Waals surface area contributed by atoms with Gasteiger partial charge in [0.15, 0.2) is 0 Å². The molecule has 5 nitrogen and oxygen atoms in total. The maximum Gasteiger partial charge on any atom is 0.322 e.